The molecule has 1 aromatic carbocycles. The Labute approximate surface area is 123 Å². The monoisotopic (exact) mass is 323 g/mol. The fraction of sp³-hybridized carbons (Fsp3) is 0.625. The molecular weight excluding hydrogens is 302 g/mol. The van der Waals surface area contributed by atoms with E-state index in [0.717, 1.165) is 10.9 Å². The van der Waals surface area contributed by atoms with Crippen LogP contribution in [-0.4, -0.2) is 35.2 Å². The predicted molar refractivity (Wildman–Crippen MR) is 81.1 cm³/mol. The fourth-order valence-electron chi connectivity index (χ4n) is 3.82. The van der Waals surface area contributed by atoms with Crippen molar-refractivity contribution in [3.8, 4) is 0 Å². The van der Waals surface area contributed by atoms with Gasteiger partial charge < -0.3 is 10.0 Å². The summed E-state index contributed by atoms with van der Waals surface area (Å²) in [6, 6.07) is 9.65. The molecule has 0 spiro atoms. The third-order valence-electron chi connectivity index (χ3n) is 5.07. The van der Waals surface area contributed by atoms with Crippen molar-refractivity contribution in [1.82, 2.24) is 4.90 Å². The lowest BCUT2D eigenvalue weighted by molar-refractivity contribution is 0.0367. The Morgan fingerprint density at radius 1 is 1.26 bits per heavy atom. The van der Waals surface area contributed by atoms with Crippen molar-refractivity contribution in [1.29, 1.82) is 0 Å². The number of aliphatic hydroxyl groups is 1. The number of benzene rings is 1. The second-order valence-electron chi connectivity index (χ2n) is 6.14. The van der Waals surface area contributed by atoms with Crippen molar-refractivity contribution in [2.45, 2.75) is 50.3 Å². The van der Waals surface area contributed by atoms with Crippen molar-refractivity contribution in [2.24, 2.45) is 5.92 Å². The van der Waals surface area contributed by atoms with Crippen LogP contribution in [0.5, 0.6) is 0 Å². The third kappa shape index (κ3) is 2.74. The van der Waals surface area contributed by atoms with Crippen LogP contribution in [0, 0.1) is 5.92 Å². The largest absolute Gasteiger partial charge is 0.392 e. The lowest BCUT2D eigenvalue weighted by Crippen LogP contribution is -2.43. The van der Waals surface area contributed by atoms with Gasteiger partial charge in [-0.25, -0.2) is 0 Å². The van der Waals surface area contributed by atoms with E-state index in [1.165, 1.54) is 31.2 Å². The maximum Gasteiger partial charge on any atom is 0.0610 e. The van der Waals surface area contributed by atoms with Gasteiger partial charge in [-0.1, -0.05) is 34.1 Å². The van der Waals surface area contributed by atoms with Crippen LogP contribution in [0.25, 0.3) is 0 Å². The molecule has 2 nitrogen and oxygen atoms in total. The lowest BCUT2D eigenvalue weighted by Gasteiger charge is -2.38. The summed E-state index contributed by atoms with van der Waals surface area (Å²) in [7, 11) is 2.25. The van der Waals surface area contributed by atoms with Crippen molar-refractivity contribution in [3.05, 3.63) is 34.3 Å². The zero-order valence-corrected chi connectivity index (χ0v) is 13.0. The topological polar surface area (TPSA) is 23.5 Å². The summed E-state index contributed by atoms with van der Waals surface area (Å²) in [5.41, 5.74) is 1.22. The van der Waals surface area contributed by atoms with Crippen molar-refractivity contribution >= 4 is 15.9 Å². The van der Waals surface area contributed by atoms with E-state index in [0.29, 0.717) is 18.0 Å². The van der Waals surface area contributed by atoms with Crippen LogP contribution < -0.4 is 0 Å². The van der Waals surface area contributed by atoms with Gasteiger partial charge in [0, 0.05) is 16.6 Å². The molecule has 2 saturated heterocycles. The van der Waals surface area contributed by atoms with Gasteiger partial charge in [0.2, 0.25) is 0 Å². The maximum absolute atomic E-state index is 10.6. The Kier molecular flexibility index (Phi) is 3.97. The molecular formula is C16H22BrNO. The number of piperidine rings is 1. The molecule has 0 aromatic heterocycles. The Balaban J connectivity index is 1.65. The summed E-state index contributed by atoms with van der Waals surface area (Å²) in [6.07, 6.45) is 5.54. The Morgan fingerprint density at radius 2 is 1.89 bits per heavy atom. The number of hydrogen-bond acceptors (Lipinski definition) is 2. The first kappa shape index (κ1) is 13.6. The van der Waals surface area contributed by atoms with Crippen LogP contribution in [0.15, 0.2) is 28.7 Å². The molecule has 1 N–H and O–H groups in total. The molecule has 1 aromatic rings. The summed E-state index contributed by atoms with van der Waals surface area (Å²) < 4.78 is 1.12. The lowest BCUT2D eigenvalue weighted by atomic mass is 9.84. The summed E-state index contributed by atoms with van der Waals surface area (Å²) in [5, 5.41) is 10.6. The van der Waals surface area contributed by atoms with Crippen molar-refractivity contribution in [3.63, 3.8) is 0 Å². The minimum absolute atomic E-state index is 0.199. The van der Waals surface area contributed by atoms with Gasteiger partial charge in [-0.3, -0.25) is 0 Å². The quantitative estimate of drug-likeness (QED) is 0.923. The molecule has 0 radical (unpaired) electrons. The highest BCUT2D eigenvalue weighted by Gasteiger charge is 2.40. The highest BCUT2D eigenvalue weighted by Crippen LogP contribution is 2.39. The fourth-order valence-corrected chi connectivity index (χ4v) is 4.27. The molecule has 2 heterocycles. The number of fused-ring (bicyclic) bond motifs is 2. The summed E-state index contributed by atoms with van der Waals surface area (Å²) in [6.45, 7) is 0. The molecule has 2 fully saturated rings. The standard InChI is InChI=1S/C16H22BrNO/c1-18-13-6-7-14(18)9-12(8-13)16(19)10-11-4-2-3-5-15(11)17/h2-5,12-14,16,19H,6-10H2,1H3. The highest BCUT2D eigenvalue weighted by molar-refractivity contribution is 9.10. The van der Waals surface area contributed by atoms with E-state index in [2.05, 4.69) is 40.0 Å². The molecule has 2 bridgehead atoms. The summed E-state index contributed by atoms with van der Waals surface area (Å²) in [4.78, 5) is 2.53. The van der Waals surface area contributed by atoms with Gasteiger partial charge in [0.25, 0.3) is 0 Å². The van der Waals surface area contributed by atoms with Crippen LogP contribution >= 0.6 is 15.9 Å². The van der Waals surface area contributed by atoms with Gasteiger partial charge in [-0.15, -0.1) is 0 Å². The molecule has 2 aliphatic heterocycles. The van der Waals surface area contributed by atoms with Crippen LogP contribution in [0.4, 0.5) is 0 Å². The molecule has 0 saturated carbocycles. The second kappa shape index (κ2) is 5.55. The first-order chi connectivity index (χ1) is 9.15. The SMILES string of the molecule is CN1C2CCC1CC(C(O)Cc1ccccc1Br)C2. The molecule has 0 amide bonds. The summed E-state index contributed by atoms with van der Waals surface area (Å²) >= 11 is 3.58. The van der Waals surface area contributed by atoms with Gasteiger partial charge in [0.15, 0.2) is 0 Å². The average Bonchev–Trinajstić information content (AvgIpc) is 2.64. The molecule has 3 rings (SSSR count). The number of halogens is 1. The smallest absolute Gasteiger partial charge is 0.0610 e. The zero-order chi connectivity index (χ0) is 13.4. The van der Waals surface area contributed by atoms with Gasteiger partial charge in [-0.2, -0.15) is 0 Å². The number of aliphatic hydroxyl groups excluding tert-OH is 1. The minimum Gasteiger partial charge on any atom is -0.392 e. The highest BCUT2D eigenvalue weighted by atomic mass is 79.9. The van der Waals surface area contributed by atoms with Crippen LogP contribution in [0.1, 0.15) is 31.2 Å². The van der Waals surface area contributed by atoms with Crippen molar-refractivity contribution < 1.29 is 5.11 Å². The first-order valence-corrected chi connectivity index (χ1v) is 8.08. The first-order valence-electron chi connectivity index (χ1n) is 7.28. The van der Waals surface area contributed by atoms with E-state index >= 15 is 0 Å². The molecule has 3 heteroatoms. The van der Waals surface area contributed by atoms with Gasteiger partial charge in [0.05, 0.1) is 6.10 Å². The average molecular weight is 324 g/mol. The van der Waals surface area contributed by atoms with E-state index in [-0.39, 0.29) is 6.10 Å². The minimum atomic E-state index is -0.199. The molecule has 19 heavy (non-hydrogen) atoms. The Hall–Kier alpha value is -0.380. The second-order valence-corrected chi connectivity index (χ2v) is 7.00. The van der Waals surface area contributed by atoms with E-state index in [1.54, 1.807) is 0 Å². The van der Waals surface area contributed by atoms with Crippen molar-refractivity contribution in [2.75, 3.05) is 7.05 Å². The number of nitrogens with zero attached hydrogens (tertiary/aromatic N) is 1. The summed E-state index contributed by atoms with van der Waals surface area (Å²) in [5.74, 6) is 0.473. The molecule has 104 valence electrons. The van der Waals surface area contributed by atoms with E-state index in [4.69, 9.17) is 0 Å². The predicted octanol–water partition coefficient (Wildman–Crippen LogP) is 3.23. The van der Waals surface area contributed by atoms with E-state index < -0.39 is 0 Å². The molecule has 3 unspecified atom stereocenters. The molecule has 3 atom stereocenters. The van der Waals surface area contributed by atoms with Gasteiger partial charge in [-0.05, 0) is 56.7 Å². The number of rotatable bonds is 3. The zero-order valence-electron chi connectivity index (χ0n) is 11.4. The van der Waals surface area contributed by atoms with Crippen LogP contribution in [0.2, 0.25) is 0 Å². The molecule has 0 aliphatic carbocycles. The Bertz CT molecular complexity index is 436. The third-order valence-corrected chi connectivity index (χ3v) is 5.84. The van der Waals surface area contributed by atoms with Gasteiger partial charge >= 0.3 is 0 Å². The number of hydrogen-bond donors (Lipinski definition) is 1. The van der Waals surface area contributed by atoms with E-state index in [9.17, 15) is 5.11 Å². The molecule has 2 aliphatic rings. The Morgan fingerprint density at radius 3 is 2.53 bits per heavy atom. The van der Waals surface area contributed by atoms with E-state index in [1.807, 2.05) is 12.1 Å². The maximum atomic E-state index is 10.6. The normalized spacial score (nSPS) is 32.5. The van der Waals surface area contributed by atoms with Crippen LogP contribution in [-0.2, 0) is 6.42 Å². The van der Waals surface area contributed by atoms with Crippen LogP contribution in [0.3, 0.4) is 0 Å². The van der Waals surface area contributed by atoms with Gasteiger partial charge in [0.1, 0.15) is 0 Å².